The van der Waals surface area contributed by atoms with Crippen LogP contribution in [0.4, 0.5) is 0 Å². The molecule has 1 aliphatic heterocycles. The summed E-state index contributed by atoms with van der Waals surface area (Å²) in [5.41, 5.74) is 0. The van der Waals surface area contributed by atoms with Gasteiger partial charge in [-0.05, 0) is 19.1 Å². The smallest absolute Gasteiger partial charge is 0.223 e. The number of thioether (sulfide) groups is 1. The van der Waals surface area contributed by atoms with Crippen LogP contribution in [0.2, 0.25) is 0 Å². The van der Waals surface area contributed by atoms with E-state index in [0.717, 1.165) is 24.0 Å². The van der Waals surface area contributed by atoms with Gasteiger partial charge in [-0.2, -0.15) is 11.8 Å². The predicted molar refractivity (Wildman–Crippen MR) is 61.5 cm³/mol. The molecule has 1 amide bonds. The van der Waals surface area contributed by atoms with Crippen molar-refractivity contribution in [3.8, 4) is 0 Å². The lowest BCUT2D eigenvalue weighted by atomic mass is 10.2. The third-order valence-corrected chi connectivity index (χ3v) is 3.76. The van der Waals surface area contributed by atoms with Crippen LogP contribution in [0, 0.1) is 0 Å². The first-order valence-corrected chi connectivity index (χ1v) is 7.15. The number of rotatable bonds is 4. The fourth-order valence-electron chi connectivity index (χ4n) is 1.66. The minimum atomic E-state index is 0.330. The summed E-state index contributed by atoms with van der Waals surface area (Å²) in [6.45, 7) is 0.962. The predicted octanol–water partition coefficient (Wildman–Crippen LogP) is 2.13. The van der Waals surface area contributed by atoms with Crippen LogP contribution in [0.1, 0.15) is 19.3 Å². The van der Waals surface area contributed by atoms with E-state index < -0.39 is 0 Å². The Morgan fingerprint density at radius 1 is 1.69 bits per heavy atom. The van der Waals surface area contributed by atoms with Crippen molar-refractivity contribution in [1.82, 2.24) is 4.90 Å². The highest BCUT2D eigenvalue weighted by Crippen LogP contribution is 2.20. The zero-order valence-corrected chi connectivity index (χ0v) is 10.4. The quantitative estimate of drug-likeness (QED) is 0.726. The maximum Gasteiger partial charge on any atom is 0.223 e. The molecule has 0 N–H and O–H groups in total. The standard InChI is InChI=1S/C9H16BrNOS/c1-13-6-4-9(12)11-5-2-3-8(11)7-10/h8H,2-7H2,1H3. The van der Waals surface area contributed by atoms with Gasteiger partial charge in [0.2, 0.25) is 5.91 Å². The first kappa shape index (κ1) is 11.4. The first-order valence-electron chi connectivity index (χ1n) is 4.64. The van der Waals surface area contributed by atoms with Crippen molar-refractivity contribution in [2.75, 3.05) is 23.9 Å². The zero-order valence-electron chi connectivity index (χ0n) is 7.96. The molecule has 0 saturated carbocycles. The minimum Gasteiger partial charge on any atom is -0.339 e. The van der Waals surface area contributed by atoms with E-state index in [-0.39, 0.29) is 0 Å². The van der Waals surface area contributed by atoms with Crippen molar-refractivity contribution in [3.63, 3.8) is 0 Å². The normalized spacial score (nSPS) is 22.3. The van der Waals surface area contributed by atoms with E-state index in [1.165, 1.54) is 6.42 Å². The number of hydrogen-bond acceptors (Lipinski definition) is 2. The van der Waals surface area contributed by atoms with Crippen molar-refractivity contribution in [1.29, 1.82) is 0 Å². The Bertz CT molecular complexity index is 177. The Kier molecular flexibility index (Phi) is 5.17. The van der Waals surface area contributed by atoms with Gasteiger partial charge in [0.15, 0.2) is 0 Å². The minimum absolute atomic E-state index is 0.330. The van der Waals surface area contributed by atoms with Gasteiger partial charge in [0, 0.05) is 30.1 Å². The van der Waals surface area contributed by atoms with Crippen LogP contribution in [0.25, 0.3) is 0 Å². The molecule has 0 aromatic rings. The Balaban J connectivity index is 2.36. The van der Waals surface area contributed by atoms with E-state index in [4.69, 9.17) is 0 Å². The summed E-state index contributed by atoms with van der Waals surface area (Å²) < 4.78 is 0. The second-order valence-electron chi connectivity index (χ2n) is 3.28. The van der Waals surface area contributed by atoms with Crippen molar-refractivity contribution in [2.24, 2.45) is 0 Å². The average molecular weight is 266 g/mol. The van der Waals surface area contributed by atoms with Crippen molar-refractivity contribution >= 4 is 33.6 Å². The molecule has 0 aliphatic carbocycles. The number of carbonyl (C=O) groups excluding carboxylic acids is 1. The molecule has 76 valence electrons. The summed E-state index contributed by atoms with van der Waals surface area (Å²) in [6.07, 6.45) is 5.07. The fourth-order valence-corrected chi connectivity index (χ4v) is 2.71. The van der Waals surface area contributed by atoms with Crippen LogP contribution in [0.15, 0.2) is 0 Å². The first-order chi connectivity index (χ1) is 6.29. The number of carbonyl (C=O) groups is 1. The molecule has 1 rings (SSSR count). The molecule has 0 aromatic heterocycles. The lowest BCUT2D eigenvalue weighted by Crippen LogP contribution is -2.36. The van der Waals surface area contributed by atoms with Crippen LogP contribution >= 0.6 is 27.7 Å². The second-order valence-corrected chi connectivity index (χ2v) is 4.91. The van der Waals surface area contributed by atoms with Gasteiger partial charge in [-0.25, -0.2) is 0 Å². The van der Waals surface area contributed by atoms with E-state index >= 15 is 0 Å². The Morgan fingerprint density at radius 3 is 3.08 bits per heavy atom. The number of hydrogen-bond donors (Lipinski definition) is 0. The Morgan fingerprint density at radius 2 is 2.46 bits per heavy atom. The van der Waals surface area contributed by atoms with Crippen LogP contribution in [-0.4, -0.2) is 40.7 Å². The van der Waals surface area contributed by atoms with Gasteiger partial charge in [0.25, 0.3) is 0 Å². The summed E-state index contributed by atoms with van der Waals surface area (Å²) >= 11 is 5.19. The fraction of sp³-hybridized carbons (Fsp3) is 0.889. The molecular formula is C9H16BrNOS. The van der Waals surface area contributed by atoms with E-state index in [9.17, 15) is 4.79 Å². The summed E-state index contributed by atoms with van der Waals surface area (Å²) in [4.78, 5) is 13.7. The van der Waals surface area contributed by atoms with Gasteiger partial charge < -0.3 is 4.90 Å². The zero-order chi connectivity index (χ0) is 9.68. The van der Waals surface area contributed by atoms with Gasteiger partial charge in [0.05, 0.1) is 0 Å². The van der Waals surface area contributed by atoms with Gasteiger partial charge in [0.1, 0.15) is 0 Å². The molecule has 1 fully saturated rings. The monoisotopic (exact) mass is 265 g/mol. The maximum atomic E-state index is 11.7. The topological polar surface area (TPSA) is 20.3 Å². The molecule has 1 unspecified atom stereocenters. The van der Waals surface area contributed by atoms with E-state index in [1.54, 1.807) is 11.8 Å². The lowest BCUT2D eigenvalue weighted by Gasteiger charge is -2.22. The maximum absolute atomic E-state index is 11.7. The number of alkyl halides is 1. The Labute approximate surface area is 92.6 Å². The molecular weight excluding hydrogens is 250 g/mol. The van der Waals surface area contributed by atoms with Gasteiger partial charge in [-0.15, -0.1) is 0 Å². The summed E-state index contributed by atoms with van der Waals surface area (Å²) in [5, 5.41) is 0.929. The van der Waals surface area contributed by atoms with Crippen molar-refractivity contribution in [3.05, 3.63) is 0 Å². The highest BCUT2D eigenvalue weighted by Gasteiger charge is 2.26. The molecule has 0 aromatic carbocycles. The number of nitrogens with zero attached hydrogens (tertiary/aromatic N) is 1. The molecule has 1 aliphatic rings. The highest BCUT2D eigenvalue weighted by molar-refractivity contribution is 9.09. The molecule has 2 nitrogen and oxygen atoms in total. The van der Waals surface area contributed by atoms with Gasteiger partial charge in [-0.3, -0.25) is 4.79 Å². The van der Waals surface area contributed by atoms with E-state index in [2.05, 4.69) is 15.9 Å². The average Bonchev–Trinajstić information content (AvgIpc) is 2.61. The molecule has 1 atom stereocenters. The third-order valence-electron chi connectivity index (χ3n) is 2.40. The third kappa shape index (κ3) is 3.17. The van der Waals surface area contributed by atoms with Crippen molar-refractivity contribution < 1.29 is 4.79 Å². The summed E-state index contributed by atoms with van der Waals surface area (Å²) in [6, 6.07) is 0.453. The van der Waals surface area contributed by atoms with Crippen LogP contribution < -0.4 is 0 Å². The molecule has 1 heterocycles. The lowest BCUT2D eigenvalue weighted by molar-refractivity contribution is -0.131. The van der Waals surface area contributed by atoms with Gasteiger partial charge >= 0.3 is 0 Å². The van der Waals surface area contributed by atoms with Crippen molar-refractivity contribution in [2.45, 2.75) is 25.3 Å². The molecule has 4 heteroatoms. The van der Waals surface area contributed by atoms with Gasteiger partial charge in [-0.1, -0.05) is 15.9 Å². The van der Waals surface area contributed by atoms with E-state index in [0.29, 0.717) is 18.4 Å². The summed E-state index contributed by atoms with van der Waals surface area (Å²) in [5.74, 6) is 1.28. The molecule has 0 bridgehead atoms. The van der Waals surface area contributed by atoms with Crippen LogP contribution in [0.3, 0.4) is 0 Å². The molecule has 13 heavy (non-hydrogen) atoms. The van der Waals surface area contributed by atoms with Crippen LogP contribution in [0.5, 0.6) is 0 Å². The molecule has 1 saturated heterocycles. The van der Waals surface area contributed by atoms with E-state index in [1.807, 2.05) is 11.2 Å². The highest BCUT2D eigenvalue weighted by atomic mass is 79.9. The largest absolute Gasteiger partial charge is 0.339 e. The SMILES string of the molecule is CSCCC(=O)N1CCCC1CBr. The number of likely N-dealkylation sites (tertiary alicyclic amines) is 1. The number of halogens is 1. The second kappa shape index (κ2) is 5.91. The number of amides is 1. The molecule has 0 radical (unpaired) electrons. The Hall–Kier alpha value is 0.300. The molecule has 0 spiro atoms. The summed E-state index contributed by atoms with van der Waals surface area (Å²) in [7, 11) is 0. The van der Waals surface area contributed by atoms with Crippen LogP contribution in [-0.2, 0) is 4.79 Å².